The van der Waals surface area contributed by atoms with Crippen molar-refractivity contribution in [3.8, 4) is 0 Å². The summed E-state index contributed by atoms with van der Waals surface area (Å²) >= 11 is 0. The largest absolute Gasteiger partial charge is 0.462 e. The van der Waals surface area contributed by atoms with Crippen LogP contribution in [0.2, 0.25) is 0 Å². The number of carbonyl (C=O) groups excluding carboxylic acids is 3. The molecule has 0 spiro atoms. The summed E-state index contributed by atoms with van der Waals surface area (Å²) in [6, 6.07) is 0. The molecule has 0 aliphatic carbocycles. The van der Waals surface area contributed by atoms with Crippen LogP contribution in [0.5, 0.6) is 0 Å². The van der Waals surface area contributed by atoms with Gasteiger partial charge in [-0.3, -0.25) is 14.4 Å². The van der Waals surface area contributed by atoms with E-state index in [1.54, 1.807) is 0 Å². The highest BCUT2D eigenvalue weighted by atomic mass is 16.6. The van der Waals surface area contributed by atoms with Crippen LogP contribution in [0, 0.1) is 0 Å². The highest BCUT2D eigenvalue weighted by molar-refractivity contribution is 5.71. The van der Waals surface area contributed by atoms with Gasteiger partial charge in [0.15, 0.2) is 6.10 Å². The van der Waals surface area contributed by atoms with E-state index in [2.05, 4.69) is 57.2 Å². The van der Waals surface area contributed by atoms with Crippen molar-refractivity contribution < 1.29 is 28.6 Å². The van der Waals surface area contributed by atoms with Crippen LogP contribution in [0.4, 0.5) is 0 Å². The summed E-state index contributed by atoms with van der Waals surface area (Å²) in [4.78, 5) is 38.5. The molecule has 0 saturated carbocycles. The molecule has 0 aromatic rings. The Kier molecular flexibility index (Phi) is 70.0. The van der Waals surface area contributed by atoms with Gasteiger partial charge in [0, 0.05) is 19.3 Å². The van der Waals surface area contributed by atoms with Gasteiger partial charge in [-0.25, -0.2) is 0 Å². The molecule has 0 fully saturated rings. The molecule has 0 amide bonds. The molecule has 0 N–H and O–H groups in total. The molecule has 0 bridgehead atoms. The van der Waals surface area contributed by atoms with E-state index in [1.807, 2.05) is 0 Å². The zero-order chi connectivity index (χ0) is 59.9. The molecule has 0 radical (unpaired) electrons. The summed E-state index contributed by atoms with van der Waals surface area (Å²) in [7, 11) is 0. The molecule has 0 aliphatic rings. The van der Waals surface area contributed by atoms with Crippen LogP contribution in [-0.2, 0) is 28.6 Å². The van der Waals surface area contributed by atoms with Crippen molar-refractivity contribution in [2.24, 2.45) is 0 Å². The molecule has 6 nitrogen and oxygen atoms in total. The smallest absolute Gasteiger partial charge is 0.306 e. The van der Waals surface area contributed by atoms with E-state index < -0.39 is 6.10 Å². The maximum absolute atomic E-state index is 13.0. The SMILES string of the molecule is CCCCC/C=C\C/C=C\CCCCCCCCCCCC(=O)OC(COC(=O)CCCCCCCCCCCCCCCCCCC)COC(=O)CCCCCCCCCCCCCCCCCCC/C=C\CCCCCCCCCC. The van der Waals surface area contributed by atoms with E-state index in [1.165, 1.54) is 315 Å². The number of hydrogen-bond acceptors (Lipinski definition) is 6. The molecule has 1 unspecified atom stereocenters. The molecular weight excluding hydrogens is 1020 g/mol. The van der Waals surface area contributed by atoms with Gasteiger partial charge in [-0.1, -0.05) is 359 Å². The fourth-order valence-corrected chi connectivity index (χ4v) is 11.5. The average molecular weight is 1170 g/mol. The molecular formula is C77H144O6. The van der Waals surface area contributed by atoms with Gasteiger partial charge in [-0.15, -0.1) is 0 Å². The summed E-state index contributed by atoms with van der Waals surface area (Å²) in [6.07, 6.45) is 90.4. The second-order valence-corrected chi connectivity index (χ2v) is 25.6. The summed E-state index contributed by atoms with van der Waals surface area (Å²) in [5, 5.41) is 0. The van der Waals surface area contributed by atoms with Crippen LogP contribution >= 0.6 is 0 Å². The summed E-state index contributed by atoms with van der Waals surface area (Å²) in [5.41, 5.74) is 0. The molecule has 0 rings (SSSR count). The van der Waals surface area contributed by atoms with Gasteiger partial charge < -0.3 is 14.2 Å². The molecule has 6 heteroatoms. The molecule has 1 atom stereocenters. The van der Waals surface area contributed by atoms with Crippen molar-refractivity contribution in [3.05, 3.63) is 36.5 Å². The van der Waals surface area contributed by atoms with Gasteiger partial charge in [-0.2, -0.15) is 0 Å². The van der Waals surface area contributed by atoms with E-state index in [0.29, 0.717) is 19.3 Å². The van der Waals surface area contributed by atoms with Crippen molar-refractivity contribution in [3.63, 3.8) is 0 Å². The molecule has 83 heavy (non-hydrogen) atoms. The predicted octanol–water partition coefficient (Wildman–Crippen LogP) is 25.9. The van der Waals surface area contributed by atoms with Crippen LogP contribution < -0.4 is 0 Å². The summed E-state index contributed by atoms with van der Waals surface area (Å²) in [6.45, 7) is 6.70. The minimum atomic E-state index is -0.773. The number of carbonyl (C=O) groups is 3. The second-order valence-electron chi connectivity index (χ2n) is 25.6. The maximum atomic E-state index is 13.0. The summed E-state index contributed by atoms with van der Waals surface area (Å²) in [5.74, 6) is -0.838. The number of unbranched alkanes of at least 4 members (excludes halogenated alkanes) is 53. The topological polar surface area (TPSA) is 78.9 Å². The Morgan fingerprint density at radius 1 is 0.241 bits per heavy atom. The zero-order valence-electron chi connectivity index (χ0n) is 56.2. The lowest BCUT2D eigenvalue weighted by Crippen LogP contribution is -2.30. The lowest BCUT2D eigenvalue weighted by atomic mass is 10.0. The highest BCUT2D eigenvalue weighted by Gasteiger charge is 2.20. The average Bonchev–Trinajstić information content (AvgIpc) is 3.49. The van der Waals surface area contributed by atoms with E-state index in [-0.39, 0.29) is 31.1 Å². The monoisotopic (exact) mass is 1170 g/mol. The van der Waals surface area contributed by atoms with Crippen molar-refractivity contribution in [1.29, 1.82) is 0 Å². The highest BCUT2D eigenvalue weighted by Crippen LogP contribution is 2.19. The first-order valence-corrected chi connectivity index (χ1v) is 37.5. The van der Waals surface area contributed by atoms with Crippen molar-refractivity contribution in [1.82, 2.24) is 0 Å². The van der Waals surface area contributed by atoms with E-state index in [0.717, 1.165) is 64.2 Å². The normalized spacial score (nSPS) is 12.2. The van der Waals surface area contributed by atoms with Crippen LogP contribution in [0.15, 0.2) is 36.5 Å². The Balaban J connectivity index is 4.23. The fraction of sp³-hybridized carbons (Fsp3) is 0.883. The van der Waals surface area contributed by atoms with Crippen molar-refractivity contribution in [2.75, 3.05) is 13.2 Å². The number of allylic oxidation sites excluding steroid dienone is 6. The first-order valence-electron chi connectivity index (χ1n) is 37.5. The Labute approximate surface area is 518 Å². The maximum Gasteiger partial charge on any atom is 0.306 e. The predicted molar refractivity (Wildman–Crippen MR) is 362 cm³/mol. The first-order chi connectivity index (χ1) is 41.0. The van der Waals surface area contributed by atoms with E-state index in [9.17, 15) is 14.4 Å². The third-order valence-corrected chi connectivity index (χ3v) is 17.1. The quantitative estimate of drug-likeness (QED) is 0.0261. The standard InChI is InChI=1S/C77H144O6/c1-4-7-10-13-16-19-22-25-28-31-33-34-35-36-37-38-39-40-41-42-44-46-49-52-55-58-61-64-67-70-76(79)82-73-74(72-81-75(78)69-66-63-60-57-54-51-48-45-30-27-24-21-18-15-12-9-6-3)83-77(80)71-68-65-62-59-56-53-50-47-43-32-29-26-23-20-17-14-11-8-5-2/h17,20,26,29,31,33,74H,4-16,18-19,21-25,27-28,30,32,34-73H2,1-3H3/b20-17-,29-26-,33-31-. The number of esters is 3. The minimum Gasteiger partial charge on any atom is -0.462 e. The third-order valence-electron chi connectivity index (χ3n) is 17.1. The Morgan fingerprint density at radius 2 is 0.434 bits per heavy atom. The summed E-state index contributed by atoms with van der Waals surface area (Å²) < 4.78 is 17.0. The van der Waals surface area contributed by atoms with E-state index >= 15 is 0 Å². The third kappa shape index (κ3) is 70.3. The number of ether oxygens (including phenoxy) is 3. The fourth-order valence-electron chi connectivity index (χ4n) is 11.5. The van der Waals surface area contributed by atoms with Gasteiger partial charge in [0.25, 0.3) is 0 Å². The van der Waals surface area contributed by atoms with Gasteiger partial charge >= 0.3 is 17.9 Å². The Bertz CT molecular complexity index is 1380. The van der Waals surface area contributed by atoms with Crippen molar-refractivity contribution >= 4 is 17.9 Å². The van der Waals surface area contributed by atoms with Gasteiger partial charge in [-0.05, 0) is 77.0 Å². The Hall–Kier alpha value is -2.37. The lowest BCUT2D eigenvalue weighted by molar-refractivity contribution is -0.167. The van der Waals surface area contributed by atoms with Crippen molar-refractivity contribution in [2.45, 2.75) is 425 Å². The molecule has 0 aliphatic heterocycles. The zero-order valence-corrected chi connectivity index (χ0v) is 56.2. The van der Waals surface area contributed by atoms with Gasteiger partial charge in [0.05, 0.1) is 0 Å². The molecule has 0 aromatic carbocycles. The van der Waals surface area contributed by atoms with Crippen LogP contribution in [0.1, 0.15) is 419 Å². The van der Waals surface area contributed by atoms with Crippen LogP contribution in [0.3, 0.4) is 0 Å². The second kappa shape index (κ2) is 72.1. The first kappa shape index (κ1) is 80.6. The Morgan fingerprint density at radius 3 is 0.699 bits per heavy atom. The van der Waals surface area contributed by atoms with Crippen LogP contribution in [0.25, 0.3) is 0 Å². The number of hydrogen-bond donors (Lipinski definition) is 0. The molecule has 0 heterocycles. The molecule has 0 aromatic heterocycles. The van der Waals surface area contributed by atoms with Gasteiger partial charge in [0.1, 0.15) is 13.2 Å². The van der Waals surface area contributed by atoms with Crippen LogP contribution in [-0.4, -0.2) is 37.2 Å². The number of rotatable bonds is 70. The minimum absolute atomic E-state index is 0.0678. The van der Waals surface area contributed by atoms with Gasteiger partial charge in [0.2, 0.25) is 0 Å². The molecule has 0 saturated heterocycles. The lowest BCUT2D eigenvalue weighted by Gasteiger charge is -2.18. The molecule has 488 valence electrons. The van der Waals surface area contributed by atoms with E-state index in [4.69, 9.17) is 14.2 Å².